The molecule has 1 aromatic heterocycles. The molecule has 31 heavy (non-hydrogen) atoms. The average molecular weight is 480 g/mol. The van der Waals surface area contributed by atoms with Crippen LogP contribution in [0.5, 0.6) is 0 Å². The number of aliphatic hydroxyl groups excluding tert-OH is 1. The predicted molar refractivity (Wildman–Crippen MR) is 116 cm³/mol. The highest BCUT2D eigenvalue weighted by Crippen LogP contribution is 2.44. The van der Waals surface area contributed by atoms with E-state index in [2.05, 4.69) is 20.9 Å². The molecule has 1 aliphatic rings. The molecule has 1 amide bonds. The molecule has 1 atom stereocenters. The van der Waals surface area contributed by atoms with Gasteiger partial charge in [-0.25, -0.2) is 4.98 Å². The van der Waals surface area contributed by atoms with Gasteiger partial charge in [0, 0.05) is 22.3 Å². The van der Waals surface area contributed by atoms with Crippen LogP contribution < -0.4 is 4.90 Å². The minimum Gasteiger partial charge on any atom is -0.507 e. The van der Waals surface area contributed by atoms with Crippen LogP contribution in [-0.4, -0.2) is 26.7 Å². The van der Waals surface area contributed by atoms with Crippen LogP contribution >= 0.6 is 15.9 Å². The molecule has 0 saturated carbocycles. The summed E-state index contributed by atoms with van der Waals surface area (Å²) in [5.41, 5.74) is -0.118. The van der Waals surface area contributed by atoms with E-state index in [1.165, 1.54) is 30.5 Å². The van der Waals surface area contributed by atoms with Crippen molar-refractivity contribution in [1.29, 1.82) is 0 Å². The number of rotatable bonds is 4. The lowest BCUT2D eigenvalue weighted by Crippen LogP contribution is -2.30. The molecule has 0 spiro atoms. The summed E-state index contributed by atoms with van der Waals surface area (Å²) >= 11 is 3.27. The molecule has 8 nitrogen and oxygen atoms in total. The Bertz CT molecular complexity index is 1230. The van der Waals surface area contributed by atoms with Crippen LogP contribution in [0.1, 0.15) is 17.2 Å². The monoisotopic (exact) mass is 479 g/mol. The first-order chi connectivity index (χ1) is 14.9. The van der Waals surface area contributed by atoms with Crippen LogP contribution in [0, 0.1) is 10.1 Å². The zero-order valence-electron chi connectivity index (χ0n) is 15.8. The van der Waals surface area contributed by atoms with E-state index in [1.54, 1.807) is 42.5 Å². The number of carbonyl (C=O) groups excluding carboxylic acids is 2. The van der Waals surface area contributed by atoms with E-state index in [9.17, 15) is 24.8 Å². The highest BCUT2D eigenvalue weighted by atomic mass is 79.9. The van der Waals surface area contributed by atoms with E-state index >= 15 is 0 Å². The number of hydrogen-bond donors (Lipinski definition) is 1. The average Bonchev–Trinajstić information content (AvgIpc) is 3.05. The largest absolute Gasteiger partial charge is 0.507 e. The second-order valence-electron chi connectivity index (χ2n) is 6.69. The van der Waals surface area contributed by atoms with E-state index < -0.39 is 28.4 Å². The van der Waals surface area contributed by atoms with Gasteiger partial charge in [-0.1, -0.05) is 42.5 Å². The van der Waals surface area contributed by atoms with Crippen molar-refractivity contribution in [2.24, 2.45) is 0 Å². The van der Waals surface area contributed by atoms with Crippen molar-refractivity contribution in [1.82, 2.24) is 4.98 Å². The minimum atomic E-state index is -1.23. The number of carbonyl (C=O) groups is 2. The minimum absolute atomic E-state index is 0.0916. The number of nitro groups is 1. The Hall–Kier alpha value is -3.85. The van der Waals surface area contributed by atoms with Crippen molar-refractivity contribution in [3.05, 3.63) is 104 Å². The third-order valence-electron chi connectivity index (χ3n) is 4.88. The number of nitrogens with zero attached hydrogens (tertiary/aromatic N) is 3. The second-order valence-corrected chi connectivity index (χ2v) is 7.60. The number of Topliss-reactive ketones (excluding diaryl/α,β-unsaturated/α-hetero) is 1. The van der Waals surface area contributed by atoms with Gasteiger partial charge in [0.15, 0.2) is 0 Å². The maximum Gasteiger partial charge on any atom is 0.301 e. The molecule has 4 rings (SSSR count). The lowest BCUT2D eigenvalue weighted by atomic mass is 9.94. The Morgan fingerprint density at radius 1 is 1.03 bits per heavy atom. The Morgan fingerprint density at radius 2 is 1.71 bits per heavy atom. The summed E-state index contributed by atoms with van der Waals surface area (Å²) in [6, 6.07) is 16.0. The van der Waals surface area contributed by atoms with Gasteiger partial charge < -0.3 is 5.11 Å². The molecule has 0 radical (unpaired) electrons. The van der Waals surface area contributed by atoms with Crippen molar-refractivity contribution in [2.45, 2.75) is 6.04 Å². The molecule has 2 aromatic carbocycles. The normalized spacial score (nSPS) is 17.7. The Morgan fingerprint density at radius 3 is 2.35 bits per heavy atom. The van der Waals surface area contributed by atoms with E-state index in [0.717, 1.165) is 4.90 Å². The van der Waals surface area contributed by atoms with Crippen LogP contribution in [0.4, 0.5) is 11.5 Å². The van der Waals surface area contributed by atoms with Crippen molar-refractivity contribution in [3.63, 3.8) is 0 Å². The Labute approximate surface area is 184 Å². The number of aromatic nitrogens is 1. The first kappa shape index (κ1) is 20.4. The van der Waals surface area contributed by atoms with E-state index in [1.807, 2.05) is 0 Å². The van der Waals surface area contributed by atoms with Crippen LogP contribution in [0.15, 0.2) is 83.0 Å². The number of ketones is 1. The summed E-state index contributed by atoms with van der Waals surface area (Å²) in [5, 5.41) is 22.7. The van der Waals surface area contributed by atoms with Gasteiger partial charge in [-0.2, -0.15) is 0 Å². The maximum absolute atomic E-state index is 13.0. The second kappa shape index (κ2) is 8.11. The molecule has 154 valence electrons. The van der Waals surface area contributed by atoms with E-state index in [0.29, 0.717) is 10.0 Å². The van der Waals surface area contributed by atoms with Gasteiger partial charge in [-0.05, 0) is 34.1 Å². The van der Waals surface area contributed by atoms with Crippen LogP contribution in [0.25, 0.3) is 5.76 Å². The summed E-state index contributed by atoms with van der Waals surface area (Å²) in [6.45, 7) is 0. The number of aliphatic hydroxyl groups is 1. The molecule has 0 aliphatic carbocycles. The molecule has 0 unspecified atom stereocenters. The van der Waals surface area contributed by atoms with Gasteiger partial charge >= 0.3 is 5.91 Å². The molecule has 1 fully saturated rings. The third-order valence-corrected chi connectivity index (χ3v) is 5.35. The lowest BCUT2D eigenvalue weighted by Gasteiger charge is -2.24. The fraction of sp³-hybridized carbons (Fsp3) is 0.0455. The maximum atomic E-state index is 13.0. The number of benzene rings is 2. The molecule has 1 saturated heterocycles. The van der Waals surface area contributed by atoms with Crippen molar-refractivity contribution in [3.8, 4) is 0 Å². The van der Waals surface area contributed by atoms with Crippen molar-refractivity contribution < 1.29 is 19.6 Å². The van der Waals surface area contributed by atoms with Gasteiger partial charge in [0.2, 0.25) is 0 Å². The fourth-order valence-corrected chi connectivity index (χ4v) is 3.74. The summed E-state index contributed by atoms with van der Waals surface area (Å²) in [4.78, 5) is 42.4. The Kier molecular flexibility index (Phi) is 5.35. The summed E-state index contributed by atoms with van der Waals surface area (Å²) in [6.07, 6.45) is 1.45. The van der Waals surface area contributed by atoms with Crippen LogP contribution in [0.3, 0.4) is 0 Å². The van der Waals surface area contributed by atoms with E-state index in [-0.39, 0.29) is 22.6 Å². The number of halogens is 1. The van der Waals surface area contributed by atoms with Crippen molar-refractivity contribution in [2.75, 3.05) is 4.90 Å². The molecule has 1 aliphatic heterocycles. The SMILES string of the molecule is O=C1C(=O)N(c2ccc(Br)cn2)[C@@H](c2ccccc2[N+](=O)[O-])/C1=C(\O)c1ccccc1. The first-order valence-electron chi connectivity index (χ1n) is 9.11. The standard InChI is InChI=1S/C22H14BrN3O5/c23-14-10-11-17(24-12-14)25-19(15-8-4-5-9-16(15)26(30)31)18(21(28)22(25)29)20(27)13-6-2-1-3-7-13/h1-12,19,27H/b20-18+/t19-/m0/s1. The highest BCUT2D eigenvalue weighted by Gasteiger charge is 2.49. The summed E-state index contributed by atoms with van der Waals surface area (Å²) in [7, 11) is 0. The molecule has 0 bridgehead atoms. The zero-order valence-corrected chi connectivity index (χ0v) is 17.4. The number of hydrogen-bond acceptors (Lipinski definition) is 6. The fourth-order valence-electron chi connectivity index (χ4n) is 3.51. The van der Waals surface area contributed by atoms with E-state index in [4.69, 9.17) is 0 Å². The van der Waals surface area contributed by atoms with Crippen molar-refractivity contribution >= 4 is 44.9 Å². The molecule has 9 heteroatoms. The number of pyridine rings is 1. The first-order valence-corrected chi connectivity index (χ1v) is 9.90. The number of amides is 1. The van der Waals surface area contributed by atoms with Crippen LogP contribution in [-0.2, 0) is 9.59 Å². The third kappa shape index (κ3) is 3.59. The van der Waals surface area contributed by atoms with Gasteiger partial charge in [-0.3, -0.25) is 24.6 Å². The van der Waals surface area contributed by atoms with Gasteiger partial charge in [0.25, 0.3) is 11.5 Å². The number of anilines is 1. The molecule has 2 heterocycles. The zero-order chi connectivity index (χ0) is 22.1. The van der Waals surface area contributed by atoms with Gasteiger partial charge in [-0.15, -0.1) is 0 Å². The lowest BCUT2D eigenvalue weighted by molar-refractivity contribution is -0.385. The number of para-hydroxylation sites is 1. The highest BCUT2D eigenvalue weighted by molar-refractivity contribution is 9.10. The summed E-state index contributed by atoms with van der Waals surface area (Å²) < 4.78 is 0.652. The summed E-state index contributed by atoms with van der Waals surface area (Å²) in [5.74, 6) is -2.17. The van der Waals surface area contributed by atoms with Crippen LogP contribution in [0.2, 0.25) is 0 Å². The molecular weight excluding hydrogens is 466 g/mol. The van der Waals surface area contributed by atoms with Gasteiger partial charge in [0.1, 0.15) is 17.6 Å². The topological polar surface area (TPSA) is 114 Å². The molecule has 1 N–H and O–H groups in total. The van der Waals surface area contributed by atoms with Gasteiger partial charge in [0.05, 0.1) is 16.1 Å². The number of nitro benzene ring substituents is 1. The quantitative estimate of drug-likeness (QED) is 0.195. The Balaban J connectivity index is 2.01. The molecular formula is C22H14BrN3O5. The molecule has 3 aromatic rings. The smallest absolute Gasteiger partial charge is 0.301 e. The predicted octanol–water partition coefficient (Wildman–Crippen LogP) is 4.38.